The summed E-state index contributed by atoms with van der Waals surface area (Å²) in [7, 11) is 1.57. The van der Waals surface area contributed by atoms with Gasteiger partial charge in [0.2, 0.25) is 6.19 Å². The quantitative estimate of drug-likeness (QED) is 0.381. The molecule has 0 aliphatic rings. The van der Waals surface area contributed by atoms with Crippen molar-refractivity contribution >= 4 is 28.8 Å². The first-order chi connectivity index (χ1) is 12.9. The molecule has 1 aromatic heterocycles. The van der Waals surface area contributed by atoms with Gasteiger partial charge < -0.3 is 9.30 Å². The van der Waals surface area contributed by atoms with E-state index in [0.29, 0.717) is 16.3 Å². The summed E-state index contributed by atoms with van der Waals surface area (Å²) in [6.07, 6.45) is 4.00. The van der Waals surface area contributed by atoms with Crippen molar-refractivity contribution in [2.45, 2.75) is 53.5 Å². The van der Waals surface area contributed by atoms with Crippen LogP contribution in [-0.2, 0) is 12.0 Å². The molecule has 0 fully saturated rings. The third-order valence-electron chi connectivity index (χ3n) is 3.86. The van der Waals surface area contributed by atoms with Gasteiger partial charge in [-0.1, -0.05) is 53.1 Å². The Morgan fingerprint density at radius 3 is 2.46 bits per heavy atom. The van der Waals surface area contributed by atoms with E-state index in [1.54, 1.807) is 36.6 Å². The van der Waals surface area contributed by atoms with E-state index < -0.39 is 0 Å². The lowest BCUT2D eigenvalue weighted by Gasteiger charge is -2.19. The number of nitriles is 1. The summed E-state index contributed by atoms with van der Waals surface area (Å²) in [6, 6.07) is 5.20. The third-order valence-corrected chi connectivity index (χ3v) is 5.54. The molecular formula is C21H27ClN4OS. The predicted octanol–water partition coefficient (Wildman–Crippen LogP) is 5.38. The van der Waals surface area contributed by atoms with Crippen LogP contribution in [0.3, 0.4) is 0 Å². The van der Waals surface area contributed by atoms with Gasteiger partial charge in [0.05, 0.1) is 12.7 Å². The number of hydrogen-bond acceptors (Lipinski definition) is 4. The maximum atomic E-state index is 9.22. The zero-order chi connectivity index (χ0) is 21.1. The summed E-state index contributed by atoms with van der Waals surface area (Å²) in [4.78, 5) is 10.7. The number of rotatable bonds is 3. The van der Waals surface area contributed by atoms with Crippen LogP contribution in [0.5, 0.6) is 5.75 Å². The zero-order valence-corrected chi connectivity index (χ0v) is 19.1. The summed E-state index contributed by atoms with van der Waals surface area (Å²) in [6.45, 7) is 13.9. The molecule has 0 atom stereocenters. The first-order valence-electron chi connectivity index (χ1n) is 9.01. The van der Waals surface area contributed by atoms with Crippen molar-refractivity contribution in [2.75, 3.05) is 7.11 Å². The van der Waals surface area contributed by atoms with Crippen LogP contribution in [0.2, 0.25) is 5.02 Å². The first-order valence-corrected chi connectivity index (χ1v) is 10.2. The molecule has 2 rings (SSSR count). The molecule has 0 radical (unpaired) electrons. The molecule has 7 heteroatoms. The summed E-state index contributed by atoms with van der Waals surface area (Å²) < 4.78 is 7.56. The summed E-state index contributed by atoms with van der Waals surface area (Å²) in [5, 5.41) is 9.75. The fraction of sp³-hybridized carbons (Fsp3) is 0.476. The van der Waals surface area contributed by atoms with E-state index in [2.05, 4.69) is 57.3 Å². The molecule has 0 aliphatic heterocycles. The van der Waals surface area contributed by atoms with E-state index in [-0.39, 0.29) is 16.7 Å². The van der Waals surface area contributed by atoms with Gasteiger partial charge in [-0.05, 0) is 29.0 Å². The van der Waals surface area contributed by atoms with Gasteiger partial charge in [0.15, 0.2) is 10.6 Å². The van der Waals surface area contributed by atoms with Crippen molar-refractivity contribution < 1.29 is 4.74 Å². The van der Waals surface area contributed by atoms with Gasteiger partial charge in [-0.2, -0.15) is 15.2 Å². The van der Waals surface area contributed by atoms with Crippen molar-refractivity contribution in [1.82, 2.24) is 4.57 Å². The fourth-order valence-electron chi connectivity index (χ4n) is 2.58. The van der Waals surface area contributed by atoms with Gasteiger partial charge in [0.25, 0.3) is 0 Å². The maximum absolute atomic E-state index is 9.22. The van der Waals surface area contributed by atoms with Crippen LogP contribution in [0.25, 0.3) is 0 Å². The van der Waals surface area contributed by atoms with E-state index in [1.165, 1.54) is 4.88 Å². The predicted molar refractivity (Wildman–Crippen MR) is 116 cm³/mol. The van der Waals surface area contributed by atoms with E-state index in [4.69, 9.17) is 21.3 Å². The minimum Gasteiger partial charge on any atom is -0.496 e. The second-order valence-electron chi connectivity index (χ2n) is 8.81. The largest absolute Gasteiger partial charge is 0.496 e. The summed E-state index contributed by atoms with van der Waals surface area (Å²) in [5.74, 6) is 0.851. The monoisotopic (exact) mass is 418 g/mol. The topological polar surface area (TPSA) is 62.7 Å². The number of amidine groups is 1. The first kappa shape index (κ1) is 22.2. The van der Waals surface area contributed by atoms with Crippen LogP contribution in [0.15, 0.2) is 34.4 Å². The minimum atomic E-state index is -0.00164. The molecule has 0 saturated heterocycles. The van der Waals surface area contributed by atoms with Crippen LogP contribution in [-0.4, -0.2) is 17.5 Å². The van der Waals surface area contributed by atoms with Gasteiger partial charge in [-0.25, -0.2) is 0 Å². The van der Waals surface area contributed by atoms with Gasteiger partial charge in [-0.15, -0.1) is 11.3 Å². The highest BCUT2D eigenvalue weighted by Gasteiger charge is 2.21. The SMILES string of the molecule is COc1ccc(Cl)cc1C(=NC#N)/N=c1\sc(C(C)(C)C)cn1CC(C)(C)C. The normalized spacial score (nSPS) is 13.5. The Morgan fingerprint density at radius 1 is 1.25 bits per heavy atom. The Bertz CT molecular complexity index is 982. The number of methoxy groups -OCH3 is 1. The van der Waals surface area contributed by atoms with Crippen LogP contribution in [0, 0.1) is 16.9 Å². The number of hydrogen-bond donors (Lipinski definition) is 0. The Hall–Kier alpha value is -2.10. The number of aromatic nitrogens is 1. The zero-order valence-electron chi connectivity index (χ0n) is 17.5. The molecule has 0 bridgehead atoms. The number of halogens is 1. The lowest BCUT2D eigenvalue weighted by atomic mass is 9.95. The van der Waals surface area contributed by atoms with Gasteiger partial charge in [-0.3, -0.25) is 0 Å². The molecule has 150 valence electrons. The Morgan fingerprint density at radius 2 is 1.93 bits per heavy atom. The Labute approximate surface area is 176 Å². The second kappa shape index (κ2) is 8.50. The summed E-state index contributed by atoms with van der Waals surface area (Å²) >= 11 is 7.77. The Balaban J connectivity index is 2.72. The van der Waals surface area contributed by atoms with Crippen LogP contribution < -0.4 is 9.54 Å². The van der Waals surface area contributed by atoms with Crippen molar-refractivity contribution in [3.8, 4) is 11.9 Å². The number of thiazole rings is 1. The van der Waals surface area contributed by atoms with E-state index in [0.717, 1.165) is 11.3 Å². The highest BCUT2D eigenvalue weighted by atomic mass is 35.5. The molecule has 2 aromatic rings. The molecule has 0 saturated carbocycles. The summed E-state index contributed by atoms with van der Waals surface area (Å²) in [5.41, 5.74) is 0.661. The Kier molecular flexibility index (Phi) is 6.74. The van der Waals surface area contributed by atoms with Crippen molar-refractivity contribution in [2.24, 2.45) is 15.4 Å². The molecule has 1 aromatic carbocycles. The molecule has 0 aliphatic carbocycles. The second-order valence-corrected chi connectivity index (χ2v) is 10.3. The van der Waals surface area contributed by atoms with E-state index in [1.807, 2.05) is 6.19 Å². The van der Waals surface area contributed by atoms with E-state index in [9.17, 15) is 5.26 Å². The molecule has 0 spiro atoms. The molecule has 5 nitrogen and oxygen atoms in total. The van der Waals surface area contributed by atoms with Gasteiger partial charge in [0, 0.05) is 22.6 Å². The molecule has 0 amide bonds. The number of nitrogens with zero attached hydrogens (tertiary/aromatic N) is 4. The highest BCUT2D eigenvalue weighted by Crippen LogP contribution is 2.27. The average molecular weight is 419 g/mol. The van der Waals surface area contributed by atoms with Crippen molar-refractivity contribution in [1.29, 1.82) is 5.26 Å². The van der Waals surface area contributed by atoms with Crippen molar-refractivity contribution in [3.63, 3.8) is 0 Å². The van der Waals surface area contributed by atoms with Gasteiger partial charge >= 0.3 is 0 Å². The molecule has 0 N–H and O–H groups in total. The minimum absolute atomic E-state index is 0.00164. The lowest BCUT2D eigenvalue weighted by Crippen LogP contribution is -2.24. The number of ether oxygens (including phenoxy) is 1. The average Bonchev–Trinajstić information content (AvgIpc) is 2.95. The number of benzene rings is 1. The standard InChI is InChI=1S/C21H27ClN4OS/c1-20(2,3)12-26-11-17(21(4,5)6)28-19(26)25-18(24-13-23)15-10-14(22)8-9-16(15)27-7/h8-11H,12H2,1-7H3/b24-18?,25-19-. The lowest BCUT2D eigenvalue weighted by molar-refractivity contribution is 0.339. The van der Waals surface area contributed by atoms with E-state index >= 15 is 0 Å². The molecular weight excluding hydrogens is 392 g/mol. The third kappa shape index (κ3) is 5.70. The molecule has 0 unspecified atom stereocenters. The van der Waals surface area contributed by atoms with Crippen LogP contribution in [0.1, 0.15) is 52.0 Å². The fourth-order valence-corrected chi connectivity index (χ4v) is 3.80. The van der Waals surface area contributed by atoms with Crippen molar-refractivity contribution in [3.05, 3.63) is 44.7 Å². The smallest absolute Gasteiger partial charge is 0.207 e. The highest BCUT2D eigenvalue weighted by molar-refractivity contribution is 7.09. The number of aliphatic imine (C=N–C) groups is 1. The molecule has 1 heterocycles. The molecule has 28 heavy (non-hydrogen) atoms. The van der Waals surface area contributed by atoms with Crippen LogP contribution in [0.4, 0.5) is 0 Å². The maximum Gasteiger partial charge on any atom is 0.207 e. The van der Waals surface area contributed by atoms with Crippen LogP contribution >= 0.6 is 22.9 Å². The van der Waals surface area contributed by atoms with Gasteiger partial charge in [0.1, 0.15) is 5.75 Å².